The van der Waals surface area contributed by atoms with Gasteiger partial charge >= 0.3 is 0 Å². The molecule has 0 fully saturated rings. The third-order valence-electron chi connectivity index (χ3n) is 7.41. The highest BCUT2D eigenvalue weighted by Crippen LogP contribution is 2.41. The Kier molecular flexibility index (Phi) is 26.3. The number of hydrogen-bond acceptors (Lipinski definition) is 4. The average Bonchev–Trinajstić information content (AvgIpc) is 2.94. The fourth-order valence-electron chi connectivity index (χ4n) is 4.57. The molecule has 0 amide bonds. The molecule has 0 aliphatic carbocycles. The molecular weight excluding hydrogens is 468 g/mol. The molecule has 0 saturated heterocycles. The van der Waals surface area contributed by atoms with Gasteiger partial charge in [0.15, 0.2) is 6.61 Å². The highest BCUT2D eigenvalue weighted by atomic mass is 16.7. The lowest BCUT2D eigenvalue weighted by Crippen LogP contribution is -2.40. The van der Waals surface area contributed by atoms with E-state index < -0.39 is 0 Å². The third-order valence-corrected chi connectivity index (χ3v) is 7.41. The standard InChI is InChI=1S/C23H42N2O2.C9H20.C2H6/c1-7-11-13-16-23(15-9-3,22-24-26-19-21(10-4)27-22)18-20(5)25(6)17-14-12-8-2;1-4-6-7-8-9(3)5-2;1-2/h14,17,21H,5,7-13,15-16,18-19H2,1-4,6H3;9H,4-8H2,1-3H3;1-2H3/b17-14-;;. The van der Waals surface area contributed by atoms with Crippen molar-refractivity contribution in [2.45, 2.75) is 165 Å². The van der Waals surface area contributed by atoms with Crippen molar-refractivity contribution in [3.63, 3.8) is 0 Å². The first kappa shape index (κ1) is 38.7. The number of hydrogen-bond donors (Lipinski definition) is 0. The van der Waals surface area contributed by atoms with E-state index in [4.69, 9.17) is 9.57 Å². The summed E-state index contributed by atoms with van der Waals surface area (Å²) in [6.45, 7) is 24.6. The predicted octanol–water partition coefficient (Wildman–Crippen LogP) is 11.3. The molecule has 4 heteroatoms. The minimum Gasteiger partial charge on any atom is -0.471 e. The second-order valence-electron chi connectivity index (χ2n) is 10.9. The molecule has 0 bridgehead atoms. The normalized spacial score (nSPS) is 17.0. The first-order valence-electron chi connectivity index (χ1n) is 16.3. The average molecular weight is 537 g/mol. The number of allylic oxidation sites excluding steroid dienone is 2. The van der Waals surface area contributed by atoms with E-state index in [-0.39, 0.29) is 11.5 Å². The van der Waals surface area contributed by atoms with E-state index in [1.165, 1.54) is 51.4 Å². The molecule has 3 atom stereocenters. The zero-order valence-corrected chi connectivity index (χ0v) is 27.5. The van der Waals surface area contributed by atoms with Crippen molar-refractivity contribution < 1.29 is 9.57 Å². The summed E-state index contributed by atoms with van der Waals surface area (Å²) in [6, 6.07) is 0. The van der Waals surface area contributed by atoms with Crippen molar-refractivity contribution in [1.82, 2.24) is 4.90 Å². The second kappa shape index (κ2) is 25.8. The fourth-order valence-corrected chi connectivity index (χ4v) is 4.57. The van der Waals surface area contributed by atoms with Crippen molar-refractivity contribution in [3.05, 3.63) is 24.6 Å². The molecule has 0 aromatic carbocycles. The van der Waals surface area contributed by atoms with Gasteiger partial charge in [0.05, 0.1) is 5.41 Å². The van der Waals surface area contributed by atoms with Gasteiger partial charge in [0, 0.05) is 19.2 Å². The van der Waals surface area contributed by atoms with E-state index in [1.54, 1.807) is 0 Å². The number of unbranched alkanes of at least 4 members (excludes halogenated alkanes) is 5. The molecule has 226 valence electrons. The Morgan fingerprint density at radius 2 is 1.66 bits per heavy atom. The van der Waals surface area contributed by atoms with Crippen LogP contribution in [0.15, 0.2) is 29.7 Å². The number of ether oxygens (including phenoxy) is 1. The van der Waals surface area contributed by atoms with Gasteiger partial charge in [0.25, 0.3) is 0 Å². The van der Waals surface area contributed by atoms with Crippen LogP contribution in [0.25, 0.3) is 0 Å². The van der Waals surface area contributed by atoms with Crippen LogP contribution in [0.4, 0.5) is 0 Å². The molecule has 1 aliphatic heterocycles. The molecule has 0 aromatic rings. The summed E-state index contributed by atoms with van der Waals surface area (Å²) in [4.78, 5) is 7.73. The maximum absolute atomic E-state index is 6.31. The van der Waals surface area contributed by atoms with Crippen LogP contribution in [0.1, 0.15) is 159 Å². The molecule has 0 saturated carbocycles. The van der Waals surface area contributed by atoms with Gasteiger partial charge in [0.1, 0.15) is 6.10 Å². The van der Waals surface area contributed by atoms with Gasteiger partial charge in [-0.1, -0.05) is 144 Å². The lowest BCUT2D eigenvalue weighted by molar-refractivity contribution is -0.00873. The van der Waals surface area contributed by atoms with Gasteiger partial charge in [-0.05, 0) is 37.8 Å². The number of oxime groups is 1. The summed E-state index contributed by atoms with van der Waals surface area (Å²) >= 11 is 0. The van der Waals surface area contributed by atoms with Crippen molar-refractivity contribution in [2.24, 2.45) is 16.5 Å². The van der Waals surface area contributed by atoms with Gasteiger partial charge in [-0.3, -0.25) is 0 Å². The minimum absolute atomic E-state index is 0.107. The molecule has 0 radical (unpaired) electrons. The molecule has 0 N–H and O–H groups in total. The SMILES string of the molecule is C=C(CC(CCC)(CCCCC)C1=NOCC(CC)O1)N(C)/C=C\CCC.CC.CCCCCC(C)CC. The van der Waals surface area contributed by atoms with E-state index in [0.717, 1.165) is 62.5 Å². The topological polar surface area (TPSA) is 34.1 Å². The van der Waals surface area contributed by atoms with Gasteiger partial charge in [-0.2, -0.15) is 0 Å². The van der Waals surface area contributed by atoms with Crippen LogP contribution >= 0.6 is 0 Å². The molecule has 4 nitrogen and oxygen atoms in total. The molecule has 38 heavy (non-hydrogen) atoms. The summed E-state index contributed by atoms with van der Waals surface area (Å²) in [7, 11) is 2.09. The molecule has 1 aliphatic rings. The van der Waals surface area contributed by atoms with Gasteiger partial charge < -0.3 is 14.5 Å². The Labute approximate surface area is 239 Å². The predicted molar refractivity (Wildman–Crippen MR) is 171 cm³/mol. The Balaban J connectivity index is 0. The van der Waals surface area contributed by atoms with E-state index >= 15 is 0 Å². The van der Waals surface area contributed by atoms with Crippen molar-refractivity contribution >= 4 is 5.90 Å². The van der Waals surface area contributed by atoms with Crippen molar-refractivity contribution in [3.8, 4) is 0 Å². The van der Waals surface area contributed by atoms with Crippen LogP contribution in [-0.4, -0.2) is 30.6 Å². The third kappa shape index (κ3) is 17.2. The minimum atomic E-state index is -0.123. The Bertz CT molecular complexity index is 601. The Morgan fingerprint density at radius 3 is 2.21 bits per heavy atom. The first-order chi connectivity index (χ1) is 18.3. The zero-order valence-electron chi connectivity index (χ0n) is 27.5. The lowest BCUT2D eigenvalue weighted by Gasteiger charge is -2.38. The van der Waals surface area contributed by atoms with Crippen LogP contribution in [0.5, 0.6) is 0 Å². The lowest BCUT2D eigenvalue weighted by atomic mass is 9.74. The van der Waals surface area contributed by atoms with Crippen LogP contribution in [0, 0.1) is 11.3 Å². The fraction of sp³-hybridized carbons (Fsp3) is 0.853. The second-order valence-corrected chi connectivity index (χ2v) is 10.9. The molecule has 3 unspecified atom stereocenters. The monoisotopic (exact) mass is 537 g/mol. The first-order valence-corrected chi connectivity index (χ1v) is 16.3. The van der Waals surface area contributed by atoms with Crippen molar-refractivity contribution in [1.29, 1.82) is 0 Å². The van der Waals surface area contributed by atoms with Gasteiger partial charge in [-0.15, -0.1) is 0 Å². The van der Waals surface area contributed by atoms with Crippen molar-refractivity contribution in [2.75, 3.05) is 13.7 Å². The summed E-state index contributed by atoms with van der Waals surface area (Å²) in [6.07, 6.45) is 22.3. The molecule has 0 spiro atoms. The van der Waals surface area contributed by atoms with E-state index in [1.807, 2.05) is 13.8 Å². The summed E-state index contributed by atoms with van der Waals surface area (Å²) in [5.74, 6) is 1.75. The number of rotatable bonds is 19. The molecule has 1 heterocycles. The Morgan fingerprint density at radius 1 is 1.00 bits per heavy atom. The zero-order chi connectivity index (χ0) is 29.2. The molecule has 1 rings (SSSR count). The molecular formula is C34H68N2O2. The van der Waals surface area contributed by atoms with Crippen LogP contribution in [-0.2, 0) is 9.57 Å². The summed E-state index contributed by atoms with van der Waals surface area (Å²) in [5, 5.41) is 4.40. The van der Waals surface area contributed by atoms with E-state index in [2.05, 4.69) is 84.4 Å². The van der Waals surface area contributed by atoms with Gasteiger partial charge in [-0.25, -0.2) is 0 Å². The van der Waals surface area contributed by atoms with Crippen LogP contribution < -0.4 is 0 Å². The smallest absolute Gasteiger partial charge is 0.232 e. The summed E-state index contributed by atoms with van der Waals surface area (Å²) < 4.78 is 6.31. The molecule has 0 aromatic heterocycles. The largest absolute Gasteiger partial charge is 0.471 e. The van der Waals surface area contributed by atoms with E-state index in [9.17, 15) is 0 Å². The van der Waals surface area contributed by atoms with Gasteiger partial charge in [0.2, 0.25) is 5.90 Å². The maximum Gasteiger partial charge on any atom is 0.232 e. The van der Waals surface area contributed by atoms with Crippen LogP contribution in [0.3, 0.4) is 0 Å². The van der Waals surface area contributed by atoms with E-state index in [0.29, 0.717) is 6.61 Å². The summed E-state index contributed by atoms with van der Waals surface area (Å²) in [5.41, 5.74) is 0.985. The highest BCUT2D eigenvalue weighted by molar-refractivity contribution is 5.83. The Hall–Kier alpha value is -1.45. The highest BCUT2D eigenvalue weighted by Gasteiger charge is 2.40. The number of nitrogens with zero attached hydrogens (tertiary/aromatic N) is 2. The van der Waals surface area contributed by atoms with Crippen LogP contribution in [0.2, 0.25) is 0 Å². The maximum atomic E-state index is 6.31. The quantitative estimate of drug-likeness (QED) is 0.154.